The lowest BCUT2D eigenvalue weighted by Crippen LogP contribution is -1.97. The van der Waals surface area contributed by atoms with E-state index in [0.717, 1.165) is 11.8 Å². The number of halogens is 1. The standard InChI is InChI=1S/C16H24BrNO3/c17-13-7-5-3-1-2-4-6-8-14-21-16-11-9-15(10-12-16)18(19)20/h9-12H,1-8,13-14H2. The molecule has 0 heterocycles. The third-order valence-electron chi connectivity index (χ3n) is 3.34. The number of benzene rings is 1. The number of nitro benzene ring substituents is 1. The second-order valence-corrected chi connectivity index (χ2v) is 5.91. The lowest BCUT2D eigenvalue weighted by Gasteiger charge is -2.06. The van der Waals surface area contributed by atoms with Gasteiger partial charge in [0.15, 0.2) is 0 Å². The number of nitrogens with zero attached hydrogens (tertiary/aromatic N) is 1. The van der Waals surface area contributed by atoms with Crippen molar-refractivity contribution in [2.45, 2.75) is 51.4 Å². The Balaban J connectivity index is 1.98. The van der Waals surface area contributed by atoms with Crippen LogP contribution in [0.5, 0.6) is 5.75 Å². The Bertz CT molecular complexity index is 395. The summed E-state index contributed by atoms with van der Waals surface area (Å²) in [7, 11) is 0. The first-order valence-corrected chi connectivity index (χ1v) is 8.79. The van der Waals surface area contributed by atoms with Gasteiger partial charge in [0.05, 0.1) is 11.5 Å². The van der Waals surface area contributed by atoms with Gasteiger partial charge < -0.3 is 4.74 Å². The van der Waals surface area contributed by atoms with Crippen LogP contribution in [0.2, 0.25) is 0 Å². The first-order chi connectivity index (χ1) is 10.2. The third kappa shape index (κ3) is 8.71. The molecule has 1 rings (SSSR count). The third-order valence-corrected chi connectivity index (χ3v) is 3.90. The van der Waals surface area contributed by atoms with E-state index < -0.39 is 4.92 Å². The summed E-state index contributed by atoms with van der Waals surface area (Å²) in [5.74, 6) is 0.704. The molecule has 0 saturated heterocycles. The zero-order valence-electron chi connectivity index (χ0n) is 12.4. The fourth-order valence-corrected chi connectivity index (χ4v) is 2.51. The van der Waals surface area contributed by atoms with Gasteiger partial charge in [0.25, 0.3) is 5.69 Å². The van der Waals surface area contributed by atoms with Crippen molar-refractivity contribution in [2.75, 3.05) is 11.9 Å². The quantitative estimate of drug-likeness (QED) is 0.215. The lowest BCUT2D eigenvalue weighted by atomic mass is 10.1. The Hall–Kier alpha value is -1.10. The first kappa shape index (κ1) is 18.0. The lowest BCUT2D eigenvalue weighted by molar-refractivity contribution is -0.384. The Labute approximate surface area is 135 Å². The van der Waals surface area contributed by atoms with Crippen molar-refractivity contribution < 1.29 is 9.66 Å². The summed E-state index contributed by atoms with van der Waals surface area (Å²) in [6, 6.07) is 6.26. The van der Waals surface area contributed by atoms with Crippen LogP contribution < -0.4 is 4.74 Å². The number of alkyl halides is 1. The first-order valence-electron chi connectivity index (χ1n) is 7.67. The van der Waals surface area contributed by atoms with Crippen molar-refractivity contribution in [1.29, 1.82) is 0 Å². The average molecular weight is 358 g/mol. The van der Waals surface area contributed by atoms with Crippen LogP contribution in [0.15, 0.2) is 24.3 Å². The van der Waals surface area contributed by atoms with E-state index in [9.17, 15) is 10.1 Å². The van der Waals surface area contributed by atoms with Gasteiger partial charge in [-0.3, -0.25) is 10.1 Å². The maximum absolute atomic E-state index is 10.5. The molecule has 0 aromatic heterocycles. The van der Waals surface area contributed by atoms with Crippen LogP contribution in [0.25, 0.3) is 0 Å². The molecule has 0 aliphatic rings. The molecular formula is C16H24BrNO3. The summed E-state index contributed by atoms with van der Waals surface area (Å²) in [6.07, 6.45) is 10.1. The Kier molecular flexibility index (Phi) is 9.87. The monoisotopic (exact) mass is 357 g/mol. The van der Waals surface area contributed by atoms with Crippen LogP contribution in [-0.4, -0.2) is 16.9 Å². The Morgan fingerprint density at radius 2 is 1.43 bits per heavy atom. The van der Waals surface area contributed by atoms with E-state index in [1.54, 1.807) is 12.1 Å². The molecule has 1 aromatic rings. The summed E-state index contributed by atoms with van der Waals surface area (Å²) in [5.41, 5.74) is 0.0993. The highest BCUT2D eigenvalue weighted by molar-refractivity contribution is 9.09. The maximum atomic E-state index is 10.5. The van der Waals surface area contributed by atoms with Gasteiger partial charge >= 0.3 is 0 Å². The topological polar surface area (TPSA) is 52.4 Å². The normalized spacial score (nSPS) is 10.5. The molecule has 4 nitrogen and oxygen atoms in total. The van der Waals surface area contributed by atoms with Gasteiger partial charge in [-0.1, -0.05) is 54.5 Å². The molecule has 0 bridgehead atoms. The molecule has 0 aliphatic carbocycles. The zero-order chi connectivity index (χ0) is 15.3. The number of nitro groups is 1. The molecule has 0 spiro atoms. The second kappa shape index (κ2) is 11.5. The highest BCUT2D eigenvalue weighted by Gasteiger charge is 2.03. The second-order valence-electron chi connectivity index (χ2n) is 5.12. The van der Waals surface area contributed by atoms with Gasteiger partial charge in [-0.25, -0.2) is 0 Å². The summed E-state index contributed by atoms with van der Waals surface area (Å²) < 4.78 is 5.57. The van der Waals surface area contributed by atoms with E-state index in [2.05, 4.69) is 15.9 Å². The van der Waals surface area contributed by atoms with Crippen LogP contribution in [0.4, 0.5) is 5.69 Å². The molecule has 1 aromatic carbocycles. The molecule has 0 N–H and O–H groups in total. The highest BCUT2D eigenvalue weighted by Crippen LogP contribution is 2.17. The Morgan fingerprint density at radius 1 is 0.905 bits per heavy atom. The number of hydrogen-bond donors (Lipinski definition) is 0. The Morgan fingerprint density at radius 3 is 1.95 bits per heavy atom. The van der Waals surface area contributed by atoms with Crippen LogP contribution in [0, 0.1) is 10.1 Å². The smallest absolute Gasteiger partial charge is 0.269 e. The van der Waals surface area contributed by atoms with E-state index >= 15 is 0 Å². The largest absolute Gasteiger partial charge is 0.494 e. The molecule has 0 fully saturated rings. The minimum absolute atomic E-state index is 0.0993. The van der Waals surface area contributed by atoms with Crippen molar-refractivity contribution in [2.24, 2.45) is 0 Å². The predicted octanol–water partition coefficient (Wildman–Crippen LogP) is 5.49. The van der Waals surface area contributed by atoms with Crippen molar-refractivity contribution in [3.05, 3.63) is 34.4 Å². The molecule has 21 heavy (non-hydrogen) atoms. The number of hydrogen-bond acceptors (Lipinski definition) is 3. The zero-order valence-corrected chi connectivity index (χ0v) is 14.0. The highest BCUT2D eigenvalue weighted by atomic mass is 79.9. The summed E-state index contributed by atoms with van der Waals surface area (Å²) >= 11 is 3.44. The minimum Gasteiger partial charge on any atom is -0.494 e. The summed E-state index contributed by atoms with van der Waals surface area (Å²) in [5, 5.41) is 11.6. The maximum Gasteiger partial charge on any atom is 0.269 e. The van der Waals surface area contributed by atoms with E-state index in [1.165, 1.54) is 57.1 Å². The van der Waals surface area contributed by atoms with Gasteiger partial charge in [0, 0.05) is 17.5 Å². The molecule has 0 amide bonds. The number of ether oxygens (including phenoxy) is 1. The molecular weight excluding hydrogens is 334 g/mol. The van der Waals surface area contributed by atoms with E-state index in [0.29, 0.717) is 12.4 Å². The van der Waals surface area contributed by atoms with Crippen molar-refractivity contribution in [1.82, 2.24) is 0 Å². The van der Waals surface area contributed by atoms with Crippen LogP contribution in [0.3, 0.4) is 0 Å². The van der Waals surface area contributed by atoms with Gasteiger partial charge in [0.1, 0.15) is 5.75 Å². The van der Waals surface area contributed by atoms with Crippen LogP contribution in [0.1, 0.15) is 51.4 Å². The van der Waals surface area contributed by atoms with Crippen LogP contribution >= 0.6 is 15.9 Å². The van der Waals surface area contributed by atoms with Gasteiger partial charge in [-0.2, -0.15) is 0 Å². The number of rotatable bonds is 12. The van der Waals surface area contributed by atoms with Gasteiger partial charge in [-0.05, 0) is 25.0 Å². The fraction of sp³-hybridized carbons (Fsp3) is 0.625. The predicted molar refractivity (Wildman–Crippen MR) is 89.3 cm³/mol. The number of non-ortho nitro benzene ring substituents is 1. The SMILES string of the molecule is O=[N+]([O-])c1ccc(OCCCCCCCCCCBr)cc1. The van der Waals surface area contributed by atoms with Gasteiger partial charge in [-0.15, -0.1) is 0 Å². The van der Waals surface area contributed by atoms with Crippen LogP contribution in [-0.2, 0) is 0 Å². The molecule has 0 unspecified atom stereocenters. The molecule has 5 heteroatoms. The van der Waals surface area contributed by atoms with E-state index in [1.807, 2.05) is 0 Å². The van der Waals surface area contributed by atoms with Crippen molar-refractivity contribution >= 4 is 21.6 Å². The van der Waals surface area contributed by atoms with E-state index in [-0.39, 0.29) is 5.69 Å². The van der Waals surface area contributed by atoms with Crippen molar-refractivity contribution in [3.63, 3.8) is 0 Å². The minimum atomic E-state index is -0.401. The molecule has 118 valence electrons. The average Bonchev–Trinajstić information content (AvgIpc) is 2.49. The summed E-state index contributed by atoms with van der Waals surface area (Å²) in [6.45, 7) is 0.682. The molecule has 0 aliphatic heterocycles. The molecule has 0 radical (unpaired) electrons. The fourth-order valence-electron chi connectivity index (χ4n) is 2.11. The van der Waals surface area contributed by atoms with Gasteiger partial charge in [0.2, 0.25) is 0 Å². The summed E-state index contributed by atoms with van der Waals surface area (Å²) in [4.78, 5) is 10.1. The van der Waals surface area contributed by atoms with E-state index in [4.69, 9.17) is 4.74 Å². The number of unbranched alkanes of at least 4 members (excludes halogenated alkanes) is 7. The van der Waals surface area contributed by atoms with Crippen molar-refractivity contribution in [3.8, 4) is 5.75 Å². The molecule has 0 atom stereocenters. The molecule has 0 saturated carbocycles.